The van der Waals surface area contributed by atoms with E-state index in [0.29, 0.717) is 0 Å². The highest BCUT2D eigenvalue weighted by molar-refractivity contribution is 7.87. The predicted molar refractivity (Wildman–Crippen MR) is 48.2 cm³/mol. The summed E-state index contributed by atoms with van der Waals surface area (Å²) in [6.45, 7) is 7.32. The summed E-state index contributed by atoms with van der Waals surface area (Å²) in [5, 5.41) is 0. The van der Waals surface area contributed by atoms with Gasteiger partial charge >= 0.3 is 0 Å². The maximum absolute atomic E-state index is 11.1. The van der Waals surface area contributed by atoms with Crippen molar-refractivity contribution in [3.8, 4) is 0 Å². The molecule has 0 N–H and O–H groups in total. The van der Waals surface area contributed by atoms with E-state index in [1.807, 2.05) is 0 Å². The van der Waals surface area contributed by atoms with E-state index in [1.54, 1.807) is 0 Å². The van der Waals surface area contributed by atoms with Gasteiger partial charge in [-0.25, -0.2) is 8.42 Å². The summed E-state index contributed by atoms with van der Waals surface area (Å²) in [5.74, 6) is -0.399. The third-order valence-corrected chi connectivity index (χ3v) is 3.24. The molecule has 0 rings (SSSR count). The van der Waals surface area contributed by atoms with Gasteiger partial charge in [0.05, 0.1) is 4.75 Å². The Morgan fingerprint density at radius 1 is 1.46 bits per heavy atom. The van der Waals surface area contributed by atoms with Crippen LogP contribution >= 0.6 is 0 Å². The minimum absolute atomic E-state index is 0.261. The number of ketones is 1. The zero-order chi connectivity index (χ0) is 10.9. The number of carbonyl (C=O) groups is 1. The molecule has 0 aromatic rings. The van der Waals surface area contributed by atoms with Crippen molar-refractivity contribution < 1.29 is 17.8 Å². The van der Waals surface area contributed by atoms with E-state index in [4.69, 9.17) is 0 Å². The van der Waals surface area contributed by atoms with E-state index in [9.17, 15) is 17.8 Å². The van der Waals surface area contributed by atoms with Gasteiger partial charge in [-0.05, 0) is 26.3 Å². The van der Waals surface area contributed by atoms with Crippen LogP contribution in [0, 0.1) is 0 Å². The van der Waals surface area contributed by atoms with Crippen molar-refractivity contribution in [1.82, 2.24) is 0 Å². The quantitative estimate of drug-likeness (QED) is 0.503. The summed E-state index contributed by atoms with van der Waals surface area (Å²) in [5.41, 5.74) is 0.261. The molecule has 0 bridgehead atoms. The minimum Gasteiger partial charge on any atom is -0.748 e. The molecule has 0 heterocycles. The zero-order valence-corrected chi connectivity index (χ0v) is 8.77. The van der Waals surface area contributed by atoms with Gasteiger partial charge in [0.2, 0.25) is 0 Å². The Labute approximate surface area is 78.4 Å². The summed E-state index contributed by atoms with van der Waals surface area (Å²) in [6, 6.07) is 0. The van der Waals surface area contributed by atoms with Gasteiger partial charge < -0.3 is 4.55 Å². The molecule has 0 radical (unpaired) electrons. The molecule has 0 spiro atoms. The second-order valence-electron chi connectivity index (χ2n) is 3.59. The monoisotopic (exact) mass is 205 g/mol. The SMILES string of the molecule is C=C(C)C(=O)CC(C)(C)S(=O)(=O)[O-]. The maximum Gasteiger partial charge on any atom is 0.159 e. The van der Waals surface area contributed by atoms with Crippen molar-refractivity contribution in [1.29, 1.82) is 0 Å². The average Bonchev–Trinajstić information content (AvgIpc) is 1.83. The summed E-state index contributed by atoms with van der Waals surface area (Å²) < 4.78 is 30.5. The molecule has 0 saturated carbocycles. The first kappa shape index (κ1) is 12.3. The number of rotatable bonds is 4. The zero-order valence-electron chi connectivity index (χ0n) is 7.96. The molecule has 0 aliphatic rings. The molecule has 0 atom stereocenters. The van der Waals surface area contributed by atoms with Crippen molar-refractivity contribution >= 4 is 15.9 Å². The Kier molecular flexibility index (Phi) is 3.40. The highest BCUT2D eigenvalue weighted by Crippen LogP contribution is 2.20. The molecule has 0 saturated heterocycles. The second-order valence-corrected chi connectivity index (χ2v) is 5.61. The standard InChI is InChI=1S/C8H14O4S/c1-6(2)7(9)5-8(3,4)13(10,11)12/h1,5H2,2-4H3,(H,10,11,12)/p-1. The Balaban J connectivity index is 4.73. The van der Waals surface area contributed by atoms with E-state index >= 15 is 0 Å². The summed E-state index contributed by atoms with van der Waals surface area (Å²) in [4.78, 5) is 11.1. The molecule has 13 heavy (non-hydrogen) atoms. The van der Waals surface area contributed by atoms with Gasteiger partial charge in [-0.1, -0.05) is 6.58 Å². The van der Waals surface area contributed by atoms with Crippen LogP contribution in [0.3, 0.4) is 0 Å². The van der Waals surface area contributed by atoms with Crippen LogP contribution < -0.4 is 0 Å². The van der Waals surface area contributed by atoms with Crippen molar-refractivity contribution in [3.63, 3.8) is 0 Å². The number of carbonyl (C=O) groups excluding carboxylic acids is 1. The lowest BCUT2D eigenvalue weighted by molar-refractivity contribution is -0.116. The predicted octanol–water partition coefficient (Wildman–Crippen LogP) is 0.846. The van der Waals surface area contributed by atoms with E-state index < -0.39 is 20.6 Å². The Bertz CT molecular complexity index is 324. The van der Waals surface area contributed by atoms with Crippen molar-refractivity contribution in [2.75, 3.05) is 0 Å². The van der Waals surface area contributed by atoms with Gasteiger partial charge in [-0.3, -0.25) is 4.79 Å². The fraction of sp³-hybridized carbons (Fsp3) is 0.625. The molecule has 0 aliphatic carbocycles. The van der Waals surface area contributed by atoms with E-state index in [1.165, 1.54) is 20.8 Å². The average molecular weight is 205 g/mol. The third kappa shape index (κ3) is 3.28. The lowest BCUT2D eigenvalue weighted by Gasteiger charge is -2.27. The van der Waals surface area contributed by atoms with Crippen molar-refractivity contribution in [2.24, 2.45) is 0 Å². The van der Waals surface area contributed by atoms with Crippen LogP contribution in [-0.4, -0.2) is 23.5 Å². The van der Waals surface area contributed by atoms with Gasteiger partial charge in [0.25, 0.3) is 0 Å². The number of hydrogen-bond donors (Lipinski definition) is 0. The smallest absolute Gasteiger partial charge is 0.159 e. The first-order valence-corrected chi connectivity index (χ1v) is 5.13. The Morgan fingerprint density at radius 3 is 2.08 bits per heavy atom. The lowest BCUT2D eigenvalue weighted by Crippen LogP contribution is -2.34. The molecule has 0 unspecified atom stereocenters. The summed E-state index contributed by atoms with van der Waals surface area (Å²) >= 11 is 0. The molecule has 0 aromatic carbocycles. The van der Waals surface area contributed by atoms with Crippen LogP contribution in [0.25, 0.3) is 0 Å². The molecule has 0 aliphatic heterocycles. The first-order chi connectivity index (χ1) is 5.58. The summed E-state index contributed by atoms with van der Waals surface area (Å²) in [7, 11) is -4.44. The van der Waals surface area contributed by atoms with Gasteiger partial charge in [0, 0.05) is 6.42 Å². The molecule has 5 heteroatoms. The normalized spacial score (nSPS) is 12.6. The largest absolute Gasteiger partial charge is 0.748 e. The fourth-order valence-corrected chi connectivity index (χ4v) is 0.934. The Hall–Kier alpha value is -0.680. The minimum atomic E-state index is -4.44. The lowest BCUT2D eigenvalue weighted by atomic mass is 10.0. The molecule has 0 fully saturated rings. The highest BCUT2D eigenvalue weighted by Gasteiger charge is 2.29. The van der Waals surface area contributed by atoms with Gasteiger partial charge in [-0.2, -0.15) is 0 Å². The third-order valence-electron chi connectivity index (χ3n) is 1.74. The van der Waals surface area contributed by atoms with Crippen LogP contribution in [0.15, 0.2) is 12.2 Å². The van der Waals surface area contributed by atoms with E-state index in [0.717, 1.165) is 0 Å². The highest BCUT2D eigenvalue weighted by atomic mass is 32.2. The topological polar surface area (TPSA) is 74.3 Å². The van der Waals surface area contributed by atoms with Crippen LogP contribution in [-0.2, 0) is 14.9 Å². The maximum atomic E-state index is 11.1. The van der Waals surface area contributed by atoms with Crippen LogP contribution in [0.5, 0.6) is 0 Å². The van der Waals surface area contributed by atoms with Crippen LogP contribution in [0.4, 0.5) is 0 Å². The number of allylic oxidation sites excluding steroid dienone is 1. The van der Waals surface area contributed by atoms with E-state index in [2.05, 4.69) is 6.58 Å². The molecular weight excluding hydrogens is 192 g/mol. The van der Waals surface area contributed by atoms with Gasteiger partial charge in [0.15, 0.2) is 5.78 Å². The van der Waals surface area contributed by atoms with Crippen molar-refractivity contribution in [2.45, 2.75) is 31.9 Å². The number of Topliss-reactive ketones (excluding diaryl/α,β-unsaturated/α-hetero) is 1. The molecule has 0 aromatic heterocycles. The Morgan fingerprint density at radius 2 is 1.85 bits per heavy atom. The van der Waals surface area contributed by atoms with Crippen LogP contribution in [0.2, 0.25) is 0 Å². The second kappa shape index (κ2) is 3.59. The van der Waals surface area contributed by atoms with Crippen LogP contribution in [0.1, 0.15) is 27.2 Å². The molecular formula is C8H13O4S-. The number of hydrogen-bond acceptors (Lipinski definition) is 4. The van der Waals surface area contributed by atoms with Gasteiger partial charge in [-0.15, -0.1) is 0 Å². The summed E-state index contributed by atoms with van der Waals surface area (Å²) in [6.07, 6.45) is -0.311. The molecule has 0 amide bonds. The van der Waals surface area contributed by atoms with Crippen molar-refractivity contribution in [3.05, 3.63) is 12.2 Å². The first-order valence-electron chi connectivity index (χ1n) is 3.72. The van der Waals surface area contributed by atoms with Gasteiger partial charge in [0.1, 0.15) is 10.1 Å². The fourth-order valence-electron chi connectivity index (χ4n) is 0.626. The van der Waals surface area contributed by atoms with E-state index in [-0.39, 0.29) is 12.0 Å². The molecule has 4 nitrogen and oxygen atoms in total. The molecule has 76 valence electrons.